The van der Waals surface area contributed by atoms with Crippen molar-refractivity contribution in [2.24, 2.45) is 0 Å². The van der Waals surface area contributed by atoms with Crippen LogP contribution in [0.3, 0.4) is 0 Å². The fourth-order valence-corrected chi connectivity index (χ4v) is 7.54. The number of alkyl halides is 3. The van der Waals surface area contributed by atoms with Crippen LogP contribution < -0.4 is 0 Å². The molecule has 3 heterocycles. The van der Waals surface area contributed by atoms with E-state index in [-0.39, 0.29) is 17.7 Å². The number of benzene rings is 1. The highest BCUT2D eigenvalue weighted by Gasteiger charge is 2.51. The Morgan fingerprint density at radius 2 is 1.40 bits per heavy atom. The zero-order valence-corrected chi connectivity index (χ0v) is 24.2. The first-order valence-electron chi connectivity index (χ1n) is 15.7. The molecule has 1 atom stereocenters. The molecule has 2 amide bonds. The SMILES string of the molecule is O=C(c1ccc(C2CCc3nc(C(F)(F)F)cn3C23CCCCCCCCC3)cc1)N1CCN(C(=O)C2(O)CC2)CC1. The van der Waals surface area contributed by atoms with Crippen molar-refractivity contribution in [2.75, 3.05) is 26.2 Å². The van der Waals surface area contributed by atoms with Gasteiger partial charge in [-0.3, -0.25) is 9.59 Å². The number of rotatable bonds is 3. The Kier molecular flexibility index (Phi) is 7.87. The number of hydrogen-bond donors (Lipinski definition) is 1. The van der Waals surface area contributed by atoms with Crippen LogP contribution in [0.5, 0.6) is 0 Å². The summed E-state index contributed by atoms with van der Waals surface area (Å²) >= 11 is 0. The number of fused-ring (bicyclic) bond motifs is 2. The Morgan fingerprint density at radius 3 is 1.98 bits per heavy atom. The number of piperazine rings is 1. The van der Waals surface area contributed by atoms with Gasteiger partial charge in [0.15, 0.2) is 5.69 Å². The molecule has 1 aromatic carbocycles. The summed E-state index contributed by atoms with van der Waals surface area (Å²) in [6.45, 7) is 1.64. The number of hydrogen-bond acceptors (Lipinski definition) is 4. The van der Waals surface area contributed by atoms with E-state index in [1.54, 1.807) is 9.80 Å². The summed E-state index contributed by atoms with van der Waals surface area (Å²) in [7, 11) is 0. The first-order chi connectivity index (χ1) is 20.1. The van der Waals surface area contributed by atoms with Gasteiger partial charge in [-0.2, -0.15) is 13.2 Å². The first kappa shape index (κ1) is 29.2. The van der Waals surface area contributed by atoms with Crippen molar-refractivity contribution in [1.29, 1.82) is 0 Å². The molecule has 0 bridgehead atoms. The van der Waals surface area contributed by atoms with Crippen molar-refractivity contribution in [2.45, 2.75) is 107 Å². The topological polar surface area (TPSA) is 78.7 Å². The van der Waals surface area contributed by atoms with E-state index in [4.69, 9.17) is 0 Å². The third-order valence-electron chi connectivity index (χ3n) is 10.1. The highest BCUT2D eigenvalue weighted by Crippen LogP contribution is 2.50. The molecule has 2 aliphatic heterocycles. The van der Waals surface area contributed by atoms with E-state index in [1.165, 1.54) is 12.6 Å². The van der Waals surface area contributed by atoms with E-state index in [9.17, 15) is 27.9 Å². The molecule has 0 radical (unpaired) electrons. The predicted molar refractivity (Wildman–Crippen MR) is 151 cm³/mol. The molecule has 2 saturated carbocycles. The molecule has 228 valence electrons. The minimum absolute atomic E-state index is 0.0339. The molecule has 3 fully saturated rings. The van der Waals surface area contributed by atoms with Gasteiger partial charge >= 0.3 is 6.18 Å². The molecule has 7 nitrogen and oxygen atoms in total. The molecule has 6 rings (SSSR count). The average Bonchev–Trinajstić information content (AvgIpc) is 3.57. The van der Waals surface area contributed by atoms with E-state index in [0.717, 1.165) is 63.4 Å². The van der Waals surface area contributed by atoms with Gasteiger partial charge in [0.2, 0.25) is 0 Å². The maximum absolute atomic E-state index is 13.8. The van der Waals surface area contributed by atoms with Gasteiger partial charge < -0.3 is 19.5 Å². The smallest absolute Gasteiger partial charge is 0.380 e. The molecule has 1 spiro atoms. The Morgan fingerprint density at radius 1 is 0.833 bits per heavy atom. The van der Waals surface area contributed by atoms with E-state index >= 15 is 0 Å². The fourth-order valence-electron chi connectivity index (χ4n) is 7.54. The van der Waals surface area contributed by atoms with E-state index in [1.807, 2.05) is 28.8 Å². The number of nitrogens with zero attached hydrogens (tertiary/aromatic N) is 4. The minimum Gasteiger partial charge on any atom is -0.380 e. The zero-order chi connectivity index (χ0) is 29.5. The zero-order valence-electron chi connectivity index (χ0n) is 24.2. The lowest BCUT2D eigenvalue weighted by Crippen LogP contribution is -2.53. The van der Waals surface area contributed by atoms with Crippen molar-refractivity contribution in [3.05, 3.63) is 53.1 Å². The van der Waals surface area contributed by atoms with Crippen LogP contribution in [0, 0.1) is 0 Å². The van der Waals surface area contributed by atoms with Gasteiger partial charge in [0.1, 0.15) is 11.4 Å². The van der Waals surface area contributed by atoms with Crippen LogP contribution in [0.2, 0.25) is 0 Å². The summed E-state index contributed by atoms with van der Waals surface area (Å²) in [6.07, 6.45) is 8.27. The van der Waals surface area contributed by atoms with Crippen LogP contribution in [-0.4, -0.2) is 68.1 Å². The van der Waals surface area contributed by atoms with E-state index in [2.05, 4.69) is 4.98 Å². The molecule has 1 unspecified atom stereocenters. The molecule has 4 aliphatic rings. The molecule has 2 aromatic rings. The lowest BCUT2D eigenvalue weighted by Gasteiger charge is -2.47. The summed E-state index contributed by atoms with van der Waals surface area (Å²) < 4.78 is 43.2. The second-order valence-electron chi connectivity index (χ2n) is 12.8. The average molecular weight is 587 g/mol. The summed E-state index contributed by atoms with van der Waals surface area (Å²) in [5.74, 6) is 0.243. The van der Waals surface area contributed by atoms with Crippen LogP contribution in [-0.2, 0) is 22.9 Å². The molecule has 42 heavy (non-hydrogen) atoms. The highest BCUT2D eigenvalue weighted by molar-refractivity contribution is 5.94. The first-order valence-corrected chi connectivity index (χ1v) is 15.7. The summed E-state index contributed by atoms with van der Waals surface area (Å²) in [5, 5.41) is 10.1. The third kappa shape index (κ3) is 5.58. The highest BCUT2D eigenvalue weighted by atomic mass is 19.4. The van der Waals surface area contributed by atoms with Gasteiger partial charge in [-0.1, -0.05) is 57.1 Å². The lowest BCUT2D eigenvalue weighted by atomic mass is 9.68. The number of aryl methyl sites for hydroxylation is 1. The lowest BCUT2D eigenvalue weighted by molar-refractivity contribution is -0.144. The normalized spacial score (nSPS) is 24.2. The van der Waals surface area contributed by atoms with Crippen LogP contribution in [0.15, 0.2) is 30.5 Å². The Bertz CT molecular complexity index is 1280. The van der Waals surface area contributed by atoms with Crippen molar-refractivity contribution >= 4 is 11.8 Å². The Hall–Kier alpha value is -2.88. The van der Waals surface area contributed by atoms with Gasteiger partial charge in [0.05, 0.1) is 5.54 Å². The minimum atomic E-state index is -4.48. The molecule has 2 aliphatic carbocycles. The van der Waals surface area contributed by atoms with Gasteiger partial charge in [-0.15, -0.1) is 0 Å². The number of halogens is 3. The molecule has 1 saturated heterocycles. The van der Waals surface area contributed by atoms with Crippen LogP contribution in [0.25, 0.3) is 0 Å². The molecular weight excluding hydrogens is 545 g/mol. The summed E-state index contributed by atoms with van der Waals surface area (Å²) in [4.78, 5) is 33.3. The maximum Gasteiger partial charge on any atom is 0.434 e. The second-order valence-corrected chi connectivity index (χ2v) is 12.8. The van der Waals surface area contributed by atoms with E-state index in [0.29, 0.717) is 56.8 Å². The third-order valence-corrected chi connectivity index (χ3v) is 10.1. The molecule has 1 aromatic heterocycles. The van der Waals surface area contributed by atoms with Crippen LogP contribution >= 0.6 is 0 Å². The largest absolute Gasteiger partial charge is 0.434 e. The van der Waals surface area contributed by atoms with Crippen molar-refractivity contribution in [3.8, 4) is 0 Å². The number of aliphatic hydroxyl groups is 1. The van der Waals surface area contributed by atoms with Crippen molar-refractivity contribution < 1.29 is 27.9 Å². The van der Waals surface area contributed by atoms with Gasteiger partial charge in [-0.05, 0) is 49.8 Å². The number of carbonyl (C=O) groups is 2. The summed E-state index contributed by atoms with van der Waals surface area (Å²) in [6, 6.07) is 7.68. The van der Waals surface area contributed by atoms with Gasteiger partial charge in [-0.25, -0.2) is 4.98 Å². The maximum atomic E-state index is 13.8. The Balaban J connectivity index is 1.23. The van der Waals surface area contributed by atoms with Crippen molar-refractivity contribution in [3.63, 3.8) is 0 Å². The fraction of sp³-hybridized carbons (Fsp3) is 0.656. The summed E-state index contributed by atoms with van der Waals surface area (Å²) in [5.41, 5.74) is -0.841. The predicted octanol–water partition coefficient (Wildman–Crippen LogP) is 5.66. The second kappa shape index (κ2) is 11.3. The van der Waals surface area contributed by atoms with E-state index < -0.39 is 23.0 Å². The van der Waals surface area contributed by atoms with Crippen LogP contribution in [0.1, 0.15) is 110 Å². The number of imidazole rings is 1. The Labute approximate surface area is 245 Å². The van der Waals surface area contributed by atoms with Gasteiger partial charge in [0.25, 0.3) is 11.8 Å². The quantitative estimate of drug-likeness (QED) is 0.504. The standard InChI is InChI=1S/C32H41F3N4O3/c33-32(34,35)26-22-39-27(36-26)13-12-25(30(39)14-6-4-2-1-3-5-7-15-30)23-8-10-24(11-9-23)28(40)37-18-20-38(21-19-37)29(41)31(42)16-17-31/h8-11,22,25,42H,1-7,12-21H2. The molecule has 10 heteroatoms. The van der Waals surface area contributed by atoms with Gasteiger partial charge in [0, 0.05) is 50.3 Å². The number of amides is 2. The van der Waals surface area contributed by atoms with Crippen LogP contribution in [0.4, 0.5) is 13.2 Å². The monoisotopic (exact) mass is 586 g/mol. The molecule has 1 N–H and O–H groups in total. The number of aromatic nitrogens is 2. The van der Waals surface area contributed by atoms with Crippen molar-refractivity contribution in [1.82, 2.24) is 19.4 Å². The molecular formula is C32H41F3N4O3. The number of carbonyl (C=O) groups excluding carboxylic acids is 2.